The molecule has 1 N–H and O–H groups in total. The number of carbonyl (C=O) groups is 1. The van der Waals surface area contributed by atoms with E-state index in [1.165, 1.54) is 12.1 Å². The Balaban J connectivity index is 1.96. The van der Waals surface area contributed by atoms with Crippen LogP contribution < -0.4 is 4.74 Å². The van der Waals surface area contributed by atoms with Crippen molar-refractivity contribution in [3.63, 3.8) is 0 Å². The molecule has 0 bridgehead atoms. The van der Waals surface area contributed by atoms with Crippen LogP contribution in [0.4, 0.5) is 13.2 Å². The smallest absolute Gasteiger partial charge is 0.416 e. The molecule has 0 aliphatic carbocycles. The molecule has 2 aromatic carbocycles. The molecule has 0 aliphatic heterocycles. The first-order chi connectivity index (χ1) is 12.7. The number of halogens is 4. The van der Waals surface area contributed by atoms with E-state index in [2.05, 4.69) is 22.6 Å². The van der Waals surface area contributed by atoms with Gasteiger partial charge < -0.3 is 9.84 Å². The Morgan fingerprint density at radius 1 is 1.22 bits per heavy atom. The molecule has 0 unspecified atom stereocenters. The summed E-state index contributed by atoms with van der Waals surface area (Å²) in [5, 5.41) is 8.65. The number of hydrogen-bond acceptors (Lipinski definition) is 3. The number of aliphatic carboxylic acids is 1. The second kappa shape index (κ2) is 9.50. The number of carboxylic acid groups (broad SMARTS) is 1. The van der Waals surface area contributed by atoms with Crippen LogP contribution in [0.15, 0.2) is 53.4 Å². The summed E-state index contributed by atoms with van der Waals surface area (Å²) in [6.07, 6.45) is -2.39. The SMILES string of the molecule is Cc1cc(SC/C=C(\I)c2ccc(C(F)(F)F)cc2)ccc1OCC(=O)O. The Bertz CT molecular complexity index is 833. The number of benzene rings is 2. The van der Waals surface area contributed by atoms with Crippen molar-refractivity contribution in [1.82, 2.24) is 0 Å². The van der Waals surface area contributed by atoms with Crippen LogP contribution in [0.25, 0.3) is 3.58 Å². The Morgan fingerprint density at radius 3 is 2.44 bits per heavy atom. The summed E-state index contributed by atoms with van der Waals surface area (Å²) in [6, 6.07) is 10.6. The van der Waals surface area contributed by atoms with Crippen molar-refractivity contribution in [2.75, 3.05) is 12.4 Å². The maximum absolute atomic E-state index is 12.6. The van der Waals surface area contributed by atoms with Gasteiger partial charge in [-0.2, -0.15) is 13.2 Å². The molecule has 27 heavy (non-hydrogen) atoms. The molecule has 0 aromatic heterocycles. The van der Waals surface area contributed by atoms with Gasteiger partial charge in [0.1, 0.15) is 5.75 Å². The van der Waals surface area contributed by atoms with Crippen molar-refractivity contribution >= 4 is 43.9 Å². The summed E-state index contributed by atoms with van der Waals surface area (Å²) in [7, 11) is 0. The Morgan fingerprint density at radius 2 is 1.89 bits per heavy atom. The number of hydrogen-bond donors (Lipinski definition) is 1. The van der Waals surface area contributed by atoms with E-state index in [1.807, 2.05) is 25.1 Å². The van der Waals surface area contributed by atoms with Crippen LogP contribution >= 0.6 is 34.4 Å². The van der Waals surface area contributed by atoms with Crippen LogP contribution in [-0.4, -0.2) is 23.4 Å². The van der Waals surface area contributed by atoms with Gasteiger partial charge in [-0.3, -0.25) is 0 Å². The summed E-state index contributed by atoms with van der Waals surface area (Å²) in [5.74, 6) is 0.140. The number of rotatable bonds is 7. The fourth-order valence-electron chi connectivity index (χ4n) is 2.16. The first-order valence-corrected chi connectivity index (χ1v) is 9.84. The highest BCUT2D eigenvalue weighted by atomic mass is 127. The molecule has 0 fully saturated rings. The third-order valence-corrected chi connectivity index (χ3v) is 5.48. The molecule has 144 valence electrons. The molecule has 0 saturated carbocycles. The van der Waals surface area contributed by atoms with E-state index in [0.717, 1.165) is 31.7 Å². The van der Waals surface area contributed by atoms with E-state index in [-0.39, 0.29) is 6.61 Å². The lowest BCUT2D eigenvalue weighted by molar-refractivity contribution is -0.139. The van der Waals surface area contributed by atoms with E-state index < -0.39 is 17.7 Å². The lowest BCUT2D eigenvalue weighted by Crippen LogP contribution is -2.09. The van der Waals surface area contributed by atoms with Crippen molar-refractivity contribution in [3.05, 3.63) is 65.2 Å². The molecule has 0 spiro atoms. The second-order valence-corrected chi connectivity index (χ2v) is 7.80. The molecule has 0 heterocycles. The van der Waals surface area contributed by atoms with Crippen molar-refractivity contribution in [2.24, 2.45) is 0 Å². The van der Waals surface area contributed by atoms with Crippen molar-refractivity contribution in [3.8, 4) is 5.75 Å². The van der Waals surface area contributed by atoms with Crippen molar-refractivity contribution < 1.29 is 27.8 Å². The molecule has 0 amide bonds. The van der Waals surface area contributed by atoms with Gasteiger partial charge in [0, 0.05) is 14.2 Å². The van der Waals surface area contributed by atoms with Crippen LogP contribution in [0.5, 0.6) is 5.75 Å². The van der Waals surface area contributed by atoms with Crippen LogP contribution in [0, 0.1) is 6.92 Å². The standard InChI is InChI=1S/C19H16F3IO3S/c1-12-10-15(6-7-17(12)26-11-18(24)25)27-9-8-16(23)13-2-4-14(5-3-13)19(20,21)22/h2-8,10H,9,11H2,1H3,(H,24,25)/b16-8-. The van der Waals surface area contributed by atoms with Gasteiger partial charge in [-0.1, -0.05) is 18.2 Å². The van der Waals surface area contributed by atoms with Crippen LogP contribution in [0.2, 0.25) is 0 Å². The molecule has 3 nitrogen and oxygen atoms in total. The number of thioether (sulfide) groups is 1. The van der Waals surface area contributed by atoms with Gasteiger partial charge in [0.15, 0.2) is 6.61 Å². The van der Waals surface area contributed by atoms with Gasteiger partial charge in [-0.25, -0.2) is 4.79 Å². The maximum atomic E-state index is 12.6. The predicted molar refractivity (Wildman–Crippen MR) is 108 cm³/mol. The van der Waals surface area contributed by atoms with E-state index in [4.69, 9.17) is 9.84 Å². The summed E-state index contributed by atoms with van der Waals surface area (Å²) in [6.45, 7) is 1.45. The van der Waals surface area contributed by atoms with Gasteiger partial charge in [0.25, 0.3) is 0 Å². The Labute approximate surface area is 172 Å². The minimum atomic E-state index is -4.33. The minimum absolute atomic E-state index is 0.388. The zero-order valence-corrected chi connectivity index (χ0v) is 17.2. The highest BCUT2D eigenvalue weighted by Crippen LogP contribution is 2.32. The second-order valence-electron chi connectivity index (χ2n) is 5.55. The summed E-state index contributed by atoms with van der Waals surface area (Å²) in [4.78, 5) is 11.5. The molecule has 8 heteroatoms. The zero-order valence-electron chi connectivity index (χ0n) is 14.2. The number of aryl methyl sites for hydroxylation is 1. The summed E-state index contributed by atoms with van der Waals surface area (Å²) >= 11 is 3.67. The van der Waals surface area contributed by atoms with Crippen LogP contribution in [-0.2, 0) is 11.0 Å². The normalized spacial score (nSPS) is 12.1. The van der Waals surface area contributed by atoms with Crippen LogP contribution in [0.3, 0.4) is 0 Å². The average molecular weight is 508 g/mol. The van der Waals surface area contributed by atoms with E-state index in [0.29, 0.717) is 11.5 Å². The topological polar surface area (TPSA) is 46.5 Å². The van der Waals surface area contributed by atoms with Crippen molar-refractivity contribution in [1.29, 1.82) is 0 Å². The molecular weight excluding hydrogens is 492 g/mol. The molecule has 0 atom stereocenters. The minimum Gasteiger partial charge on any atom is -0.482 e. The Hall–Kier alpha value is -1.68. The molecule has 0 saturated heterocycles. The monoisotopic (exact) mass is 508 g/mol. The average Bonchev–Trinajstić information content (AvgIpc) is 2.60. The highest BCUT2D eigenvalue weighted by Gasteiger charge is 2.29. The molecule has 2 rings (SSSR count). The van der Waals surface area contributed by atoms with E-state index in [9.17, 15) is 18.0 Å². The van der Waals surface area contributed by atoms with Gasteiger partial charge in [-0.15, -0.1) is 11.8 Å². The molecule has 0 aliphatic rings. The Kier molecular flexibility index (Phi) is 7.60. The van der Waals surface area contributed by atoms with Crippen LogP contribution in [0.1, 0.15) is 16.7 Å². The third-order valence-electron chi connectivity index (χ3n) is 3.50. The van der Waals surface area contributed by atoms with E-state index in [1.54, 1.807) is 17.8 Å². The molecular formula is C19H16F3IO3S. The quantitative estimate of drug-likeness (QED) is 0.366. The highest BCUT2D eigenvalue weighted by molar-refractivity contribution is 14.1. The van der Waals surface area contributed by atoms with Gasteiger partial charge in [0.05, 0.1) is 5.56 Å². The maximum Gasteiger partial charge on any atom is 0.416 e. The molecule has 0 radical (unpaired) electrons. The number of carboxylic acids is 1. The third kappa shape index (κ3) is 6.76. The fourth-order valence-corrected chi connectivity index (χ4v) is 3.91. The first-order valence-electron chi connectivity index (χ1n) is 7.78. The lowest BCUT2D eigenvalue weighted by Gasteiger charge is -2.09. The summed E-state index contributed by atoms with van der Waals surface area (Å²) < 4.78 is 43.9. The van der Waals surface area contributed by atoms with Gasteiger partial charge in [0.2, 0.25) is 0 Å². The van der Waals surface area contributed by atoms with Gasteiger partial charge >= 0.3 is 12.1 Å². The lowest BCUT2D eigenvalue weighted by atomic mass is 10.1. The van der Waals surface area contributed by atoms with Gasteiger partial charge in [-0.05, 0) is 71.0 Å². The first kappa shape index (κ1) is 21.6. The fraction of sp³-hybridized carbons (Fsp3) is 0.211. The zero-order chi connectivity index (χ0) is 20.0. The number of alkyl halides is 3. The van der Waals surface area contributed by atoms with E-state index >= 15 is 0 Å². The predicted octanol–water partition coefficient (Wildman–Crippen LogP) is 6.05. The molecule has 2 aromatic rings. The largest absolute Gasteiger partial charge is 0.482 e. The number of ether oxygens (including phenoxy) is 1. The summed E-state index contributed by atoms with van der Waals surface area (Å²) in [5.41, 5.74) is 0.908. The van der Waals surface area contributed by atoms with Crippen molar-refractivity contribution in [2.45, 2.75) is 18.0 Å².